The summed E-state index contributed by atoms with van der Waals surface area (Å²) in [6.45, 7) is 2.28. The SMILES string of the molecule is CC1CCCC(Nc2cccc(Cl)c2C(=O)O)CC1. The molecule has 1 saturated carbocycles. The number of carboxylic acid groups (broad SMARTS) is 1. The molecule has 2 N–H and O–H groups in total. The Morgan fingerprint density at radius 1 is 1.32 bits per heavy atom. The van der Waals surface area contributed by atoms with Gasteiger partial charge in [-0.25, -0.2) is 4.79 Å². The summed E-state index contributed by atoms with van der Waals surface area (Å²) in [4.78, 5) is 11.3. The highest BCUT2D eigenvalue weighted by Gasteiger charge is 2.19. The Morgan fingerprint density at radius 3 is 2.84 bits per heavy atom. The summed E-state index contributed by atoms with van der Waals surface area (Å²) in [6, 6.07) is 5.55. The first kappa shape index (κ1) is 14.2. The van der Waals surface area contributed by atoms with E-state index in [2.05, 4.69) is 12.2 Å². The summed E-state index contributed by atoms with van der Waals surface area (Å²) in [6.07, 6.45) is 5.84. The maximum Gasteiger partial charge on any atom is 0.339 e. The number of carbonyl (C=O) groups is 1. The van der Waals surface area contributed by atoms with Gasteiger partial charge in [-0.1, -0.05) is 37.4 Å². The van der Waals surface area contributed by atoms with Gasteiger partial charge in [0.05, 0.1) is 10.7 Å². The van der Waals surface area contributed by atoms with Crippen molar-refractivity contribution in [1.29, 1.82) is 0 Å². The van der Waals surface area contributed by atoms with Gasteiger partial charge in [0, 0.05) is 6.04 Å². The lowest BCUT2D eigenvalue weighted by Gasteiger charge is -2.19. The number of aromatic carboxylic acids is 1. The van der Waals surface area contributed by atoms with Gasteiger partial charge in [-0.3, -0.25) is 0 Å². The molecule has 0 bridgehead atoms. The maximum atomic E-state index is 11.3. The molecule has 0 saturated heterocycles. The fourth-order valence-corrected chi connectivity index (χ4v) is 2.97. The molecule has 0 spiro atoms. The van der Waals surface area contributed by atoms with Crippen molar-refractivity contribution in [3.63, 3.8) is 0 Å². The fourth-order valence-electron chi connectivity index (χ4n) is 2.71. The highest BCUT2D eigenvalue weighted by atomic mass is 35.5. The summed E-state index contributed by atoms with van der Waals surface area (Å²) in [7, 11) is 0. The van der Waals surface area contributed by atoms with Crippen molar-refractivity contribution in [2.75, 3.05) is 5.32 Å². The van der Waals surface area contributed by atoms with Gasteiger partial charge in [0.2, 0.25) is 0 Å². The molecular weight excluding hydrogens is 262 g/mol. The van der Waals surface area contributed by atoms with Crippen LogP contribution in [-0.4, -0.2) is 17.1 Å². The number of hydrogen-bond acceptors (Lipinski definition) is 2. The second-order valence-corrected chi connectivity index (χ2v) is 5.83. The molecule has 3 nitrogen and oxygen atoms in total. The van der Waals surface area contributed by atoms with Crippen LogP contribution in [0, 0.1) is 5.92 Å². The van der Waals surface area contributed by atoms with Crippen molar-refractivity contribution in [2.24, 2.45) is 5.92 Å². The zero-order chi connectivity index (χ0) is 13.8. The lowest BCUT2D eigenvalue weighted by molar-refractivity contribution is 0.0698. The van der Waals surface area contributed by atoms with Crippen molar-refractivity contribution >= 4 is 23.3 Å². The third-order valence-electron chi connectivity index (χ3n) is 3.84. The standard InChI is InChI=1S/C15H20ClNO2/c1-10-4-2-5-11(9-8-10)17-13-7-3-6-12(16)14(13)15(18)19/h3,6-7,10-11,17H,2,4-5,8-9H2,1H3,(H,18,19). The lowest BCUT2D eigenvalue weighted by atomic mass is 10.0. The average Bonchev–Trinajstić information content (AvgIpc) is 2.54. The van der Waals surface area contributed by atoms with E-state index in [1.807, 2.05) is 0 Å². The molecule has 1 aliphatic rings. The minimum absolute atomic E-state index is 0.182. The van der Waals surface area contributed by atoms with E-state index >= 15 is 0 Å². The number of hydrogen-bond donors (Lipinski definition) is 2. The molecule has 1 aromatic carbocycles. The molecule has 1 aromatic rings. The minimum Gasteiger partial charge on any atom is -0.478 e. The highest BCUT2D eigenvalue weighted by Crippen LogP contribution is 2.29. The Balaban J connectivity index is 2.14. The number of carboxylic acids is 1. The smallest absolute Gasteiger partial charge is 0.339 e. The third-order valence-corrected chi connectivity index (χ3v) is 4.16. The van der Waals surface area contributed by atoms with E-state index in [1.54, 1.807) is 18.2 Å². The van der Waals surface area contributed by atoms with E-state index in [9.17, 15) is 9.90 Å². The van der Waals surface area contributed by atoms with Crippen molar-refractivity contribution < 1.29 is 9.90 Å². The molecule has 19 heavy (non-hydrogen) atoms. The van der Waals surface area contributed by atoms with Crippen LogP contribution in [0.4, 0.5) is 5.69 Å². The largest absolute Gasteiger partial charge is 0.478 e. The van der Waals surface area contributed by atoms with Crippen molar-refractivity contribution in [1.82, 2.24) is 0 Å². The molecule has 1 aliphatic carbocycles. The first-order chi connectivity index (χ1) is 9.08. The quantitative estimate of drug-likeness (QED) is 0.807. The van der Waals surface area contributed by atoms with E-state index in [0.29, 0.717) is 16.8 Å². The zero-order valence-corrected chi connectivity index (χ0v) is 11.9. The Kier molecular flexibility index (Phi) is 4.70. The molecule has 2 unspecified atom stereocenters. The number of halogens is 1. The number of benzene rings is 1. The first-order valence-electron chi connectivity index (χ1n) is 6.86. The number of rotatable bonds is 3. The van der Waals surface area contributed by atoms with Crippen molar-refractivity contribution in [3.05, 3.63) is 28.8 Å². The molecule has 0 heterocycles. The van der Waals surface area contributed by atoms with E-state index in [0.717, 1.165) is 18.8 Å². The molecule has 0 amide bonds. The van der Waals surface area contributed by atoms with Gasteiger partial charge in [0.1, 0.15) is 5.56 Å². The molecule has 0 radical (unpaired) electrons. The van der Waals surface area contributed by atoms with Crippen LogP contribution < -0.4 is 5.32 Å². The predicted molar refractivity (Wildman–Crippen MR) is 78.1 cm³/mol. The normalized spacial score (nSPS) is 23.7. The third kappa shape index (κ3) is 3.63. The molecular formula is C15H20ClNO2. The Labute approximate surface area is 119 Å². The van der Waals surface area contributed by atoms with Gasteiger partial charge in [-0.2, -0.15) is 0 Å². The summed E-state index contributed by atoms with van der Waals surface area (Å²) in [5.74, 6) is -0.208. The first-order valence-corrected chi connectivity index (χ1v) is 7.24. The molecule has 4 heteroatoms. The van der Waals surface area contributed by atoms with E-state index < -0.39 is 5.97 Å². The van der Waals surface area contributed by atoms with E-state index in [4.69, 9.17) is 11.6 Å². The van der Waals surface area contributed by atoms with Gasteiger partial charge in [-0.05, 0) is 37.3 Å². The summed E-state index contributed by atoms with van der Waals surface area (Å²) in [5, 5.41) is 12.9. The van der Waals surface area contributed by atoms with Crippen LogP contribution in [0.5, 0.6) is 0 Å². The van der Waals surface area contributed by atoms with Gasteiger partial charge < -0.3 is 10.4 Å². The van der Waals surface area contributed by atoms with Gasteiger partial charge >= 0.3 is 5.97 Å². The Hall–Kier alpha value is -1.22. The molecule has 2 rings (SSSR count). The van der Waals surface area contributed by atoms with Crippen LogP contribution in [0.15, 0.2) is 18.2 Å². The topological polar surface area (TPSA) is 49.3 Å². The molecule has 0 aromatic heterocycles. The van der Waals surface area contributed by atoms with Gasteiger partial charge in [0.15, 0.2) is 0 Å². The van der Waals surface area contributed by atoms with Crippen LogP contribution in [0.3, 0.4) is 0 Å². The van der Waals surface area contributed by atoms with Crippen LogP contribution in [0.2, 0.25) is 5.02 Å². The summed E-state index contributed by atoms with van der Waals surface area (Å²) in [5.41, 5.74) is 0.820. The van der Waals surface area contributed by atoms with Gasteiger partial charge in [-0.15, -0.1) is 0 Å². The maximum absolute atomic E-state index is 11.3. The molecule has 104 valence electrons. The van der Waals surface area contributed by atoms with Gasteiger partial charge in [0.25, 0.3) is 0 Å². The lowest BCUT2D eigenvalue weighted by Crippen LogP contribution is -2.20. The number of anilines is 1. The average molecular weight is 282 g/mol. The molecule has 2 atom stereocenters. The van der Waals surface area contributed by atoms with Crippen molar-refractivity contribution in [3.8, 4) is 0 Å². The van der Waals surface area contributed by atoms with E-state index in [-0.39, 0.29) is 5.56 Å². The molecule has 1 fully saturated rings. The minimum atomic E-state index is -0.977. The predicted octanol–water partition coefficient (Wildman–Crippen LogP) is 4.42. The number of nitrogens with one attached hydrogen (secondary N) is 1. The Morgan fingerprint density at radius 2 is 2.11 bits per heavy atom. The van der Waals surface area contributed by atoms with Crippen LogP contribution >= 0.6 is 11.6 Å². The second kappa shape index (κ2) is 6.29. The summed E-state index contributed by atoms with van der Waals surface area (Å²) < 4.78 is 0. The summed E-state index contributed by atoms with van der Waals surface area (Å²) >= 11 is 5.98. The monoisotopic (exact) mass is 281 g/mol. The zero-order valence-electron chi connectivity index (χ0n) is 11.2. The van der Waals surface area contributed by atoms with E-state index in [1.165, 1.54) is 19.3 Å². The Bertz CT molecular complexity index is 461. The van der Waals surface area contributed by atoms with Crippen LogP contribution in [-0.2, 0) is 0 Å². The second-order valence-electron chi connectivity index (χ2n) is 5.42. The van der Waals surface area contributed by atoms with Crippen molar-refractivity contribution in [2.45, 2.75) is 45.1 Å². The van der Waals surface area contributed by atoms with Crippen LogP contribution in [0.1, 0.15) is 49.4 Å². The fraction of sp³-hybridized carbons (Fsp3) is 0.533. The highest BCUT2D eigenvalue weighted by molar-refractivity contribution is 6.34. The van der Waals surface area contributed by atoms with Crippen LogP contribution in [0.25, 0.3) is 0 Å². The molecule has 0 aliphatic heterocycles.